The Morgan fingerprint density at radius 1 is 0.653 bits per heavy atom. The van der Waals surface area contributed by atoms with Crippen molar-refractivity contribution in [2.75, 3.05) is 49.1 Å². The number of benzene rings is 8. The van der Waals surface area contributed by atoms with Gasteiger partial charge in [0.05, 0.1) is 13.7 Å². The molecule has 498 valence electrons. The van der Waals surface area contributed by atoms with Gasteiger partial charge in [0, 0.05) is 22.7 Å². The maximum Gasteiger partial charge on any atom is 0.362 e. The predicted molar refractivity (Wildman–Crippen MR) is 388 cm³/mol. The molecule has 6 N–H and O–H groups in total. The summed E-state index contributed by atoms with van der Waals surface area (Å²) in [7, 11) is -2.29. The van der Waals surface area contributed by atoms with E-state index in [1.165, 1.54) is 39.3 Å². The maximum absolute atomic E-state index is 13.2. The van der Waals surface area contributed by atoms with E-state index in [1.807, 2.05) is 170 Å². The van der Waals surface area contributed by atoms with Crippen LogP contribution in [0.25, 0.3) is 0 Å². The Labute approximate surface area is 580 Å². The molecule has 0 bridgehead atoms. The number of esters is 2. The third kappa shape index (κ3) is 16.3. The number of β-lactam (4-membered cyclic amide) rings is 1. The predicted octanol–water partition coefficient (Wildman–Crippen LogP) is 14.3. The molecular formula is C76H71N8O10PS3. The summed E-state index contributed by atoms with van der Waals surface area (Å²) in [6.45, 7) is 9.01. The minimum Gasteiger partial charge on any atom is -0.476 e. The first kappa shape index (κ1) is 70.3. The molecule has 1 fully saturated rings. The number of amides is 1. The van der Waals surface area contributed by atoms with E-state index in [2.05, 4.69) is 110 Å². The lowest BCUT2D eigenvalue weighted by Crippen LogP contribution is -2.68. The Kier molecular flexibility index (Phi) is 23.6. The van der Waals surface area contributed by atoms with Gasteiger partial charge in [-0.15, -0.1) is 34.4 Å². The smallest absolute Gasteiger partial charge is 0.362 e. The number of nitrogens with one attached hydrogen (secondary N) is 2. The van der Waals surface area contributed by atoms with Crippen LogP contribution in [0.1, 0.15) is 68.9 Å². The van der Waals surface area contributed by atoms with Gasteiger partial charge in [-0.05, 0) is 70.3 Å². The van der Waals surface area contributed by atoms with E-state index in [4.69, 9.17) is 20.0 Å². The van der Waals surface area contributed by atoms with Crippen molar-refractivity contribution in [1.29, 1.82) is 0 Å². The fourth-order valence-corrected chi connectivity index (χ4v) is 14.5. The molecule has 10 aromatic rings. The van der Waals surface area contributed by atoms with Gasteiger partial charge in [0.2, 0.25) is 17.3 Å². The molecule has 1 saturated heterocycles. The zero-order valence-corrected chi connectivity index (χ0v) is 57.1. The van der Waals surface area contributed by atoms with Crippen LogP contribution in [-0.4, -0.2) is 110 Å². The number of allylic oxidation sites excluding steroid dienone is 1. The Morgan fingerprint density at radius 3 is 1.38 bits per heavy atom. The molecule has 12 rings (SSSR count). The summed E-state index contributed by atoms with van der Waals surface area (Å²) in [6, 6.07) is 79.1. The number of carbonyl (C=O) groups excluding carboxylic acids is 3. The van der Waals surface area contributed by atoms with E-state index in [0.717, 1.165) is 44.5 Å². The second kappa shape index (κ2) is 32.9. The number of carbonyl (C=O) groups is 4. The number of carboxylic acid groups (broad SMARTS) is 1. The molecule has 0 unspecified atom stereocenters. The molecule has 2 aliphatic rings. The normalized spacial score (nSPS) is 14.6. The topological polar surface area (TPSA) is 257 Å². The standard InChI is InChI=1S/C28H28N3O4PS.C26H23N3O3S.C22H20N2O3S/c1-36(2,34)19-18-35-31-25(26(32)33)24-20-37-27(29-24)30-28(21-12-6-3-7-13-21,22-14-8-4-9-15-22)23-16-10-5-11-17-23;1-2-32-24(30)23(29-31)22-18-33-25(27-22)28-26(19-12-6-3-7-13-19,20-14-8-4-9-15-20)21-16-10-5-11-17-21;1-2-14-13-28-21-17(23)20(25)24(21)18(14)22(26)27-19(15-9-5-3-6-10-15)16-11-7-4-8-12-16/h3-17,20H,18-19H2,1-2H3,(H,29,30)(H,32,33);3-18,31H,2H2,1H3,(H,27,28);2-12,17,19,21H,1,13,23H2/b31-25+;29-23+;/t;;17-,21-/m..1/s1. The van der Waals surface area contributed by atoms with Gasteiger partial charge in [0.1, 0.15) is 46.2 Å². The van der Waals surface area contributed by atoms with Crippen LogP contribution < -0.4 is 16.4 Å². The zero-order valence-electron chi connectivity index (χ0n) is 53.7. The summed E-state index contributed by atoms with van der Waals surface area (Å²) in [5.74, 6) is -2.22. The highest BCUT2D eigenvalue weighted by molar-refractivity contribution is 8.00. The van der Waals surface area contributed by atoms with Crippen LogP contribution in [0.2, 0.25) is 0 Å². The minimum atomic E-state index is -2.29. The van der Waals surface area contributed by atoms with Crippen molar-refractivity contribution in [3.05, 3.63) is 333 Å². The maximum atomic E-state index is 13.2. The molecule has 22 heteroatoms. The monoisotopic (exact) mass is 1380 g/mol. The molecule has 18 nitrogen and oxygen atoms in total. The van der Waals surface area contributed by atoms with E-state index >= 15 is 0 Å². The van der Waals surface area contributed by atoms with E-state index in [0.29, 0.717) is 27.8 Å². The number of fused-ring (bicyclic) bond motifs is 1. The lowest BCUT2D eigenvalue weighted by atomic mass is 9.77. The van der Waals surface area contributed by atoms with Crippen molar-refractivity contribution in [3.63, 3.8) is 0 Å². The number of nitrogens with zero attached hydrogens (tertiary/aromatic N) is 5. The van der Waals surface area contributed by atoms with Crippen LogP contribution in [0, 0.1) is 0 Å². The number of aromatic nitrogens is 2. The summed E-state index contributed by atoms with van der Waals surface area (Å²) in [5.41, 5.74) is 13.0. The first-order chi connectivity index (χ1) is 47.6. The van der Waals surface area contributed by atoms with Crippen LogP contribution in [0.4, 0.5) is 10.3 Å². The zero-order chi connectivity index (χ0) is 69.1. The summed E-state index contributed by atoms with van der Waals surface area (Å²) >= 11 is 4.13. The molecular weight excluding hydrogens is 1310 g/mol. The van der Waals surface area contributed by atoms with Gasteiger partial charge in [-0.3, -0.25) is 9.69 Å². The van der Waals surface area contributed by atoms with E-state index < -0.39 is 48.3 Å². The number of hydrogen-bond acceptors (Lipinski definition) is 19. The summed E-state index contributed by atoms with van der Waals surface area (Å²) in [6.07, 6.45) is 1.34. The lowest BCUT2D eigenvalue weighted by molar-refractivity contribution is -0.153. The summed E-state index contributed by atoms with van der Waals surface area (Å²) in [4.78, 5) is 65.4. The molecule has 4 heterocycles. The molecule has 8 aromatic carbocycles. The average Bonchev–Trinajstić information content (AvgIpc) is 0.969. The number of nitrogens with two attached hydrogens (primary N) is 1. The SMILES string of the molecule is C=CC1=C(C(=O)OC(c2ccccc2)c2ccccc2)N2C(=O)[C@@H](N)[C@H]2SC1.CCOC(=O)/C(=N/O)c1csc(NC(c2ccccc2)(c2ccccc2)c2ccccc2)n1.CP(C)(=O)CCO/N=C(/C(=O)O)c1csc(NC(c2ccccc2)(c2ccccc2)c2ccccc2)n1. The number of carboxylic acids is 1. The van der Waals surface area contributed by atoms with Gasteiger partial charge in [0.15, 0.2) is 16.4 Å². The number of thioether (sulfide) groups is 1. The van der Waals surface area contributed by atoms with Gasteiger partial charge >= 0.3 is 17.9 Å². The molecule has 98 heavy (non-hydrogen) atoms. The number of aliphatic carboxylic acids is 1. The Balaban J connectivity index is 0.000000161. The third-order valence-electron chi connectivity index (χ3n) is 15.9. The fraction of sp³-hybridized carbons (Fsp3) is 0.158. The number of oxime groups is 2. The number of thiazole rings is 2. The van der Waals surface area contributed by atoms with E-state index in [-0.39, 0.29) is 53.0 Å². The Bertz CT molecular complexity index is 4240. The lowest BCUT2D eigenvalue weighted by Gasteiger charge is -2.48. The summed E-state index contributed by atoms with van der Waals surface area (Å²) < 4.78 is 22.8. The van der Waals surface area contributed by atoms with Crippen LogP contribution >= 0.6 is 41.6 Å². The molecule has 0 saturated carbocycles. The second-order valence-electron chi connectivity index (χ2n) is 22.7. The van der Waals surface area contributed by atoms with Gasteiger partial charge in [0.25, 0.3) is 0 Å². The highest BCUT2D eigenvalue weighted by Gasteiger charge is 2.52. The van der Waals surface area contributed by atoms with Crippen LogP contribution in [-0.2, 0) is 49.1 Å². The molecule has 2 aromatic heterocycles. The van der Waals surface area contributed by atoms with Crippen molar-refractivity contribution in [2.45, 2.75) is 35.5 Å². The first-order valence-corrected chi connectivity index (χ1v) is 36.7. The Hall–Kier alpha value is -10.5. The second-order valence-corrected chi connectivity index (χ2v) is 29.1. The summed E-state index contributed by atoms with van der Waals surface area (Å²) in [5, 5.41) is 37.4. The molecule has 2 aliphatic heterocycles. The van der Waals surface area contributed by atoms with Gasteiger partial charge in [-0.25, -0.2) is 24.4 Å². The fourth-order valence-electron chi connectivity index (χ4n) is 11.2. The number of hydrogen-bond donors (Lipinski definition) is 5. The molecule has 0 radical (unpaired) electrons. The van der Waals surface area contributed by atoms with Crippen molar-refractivity contribution >= 4 is 87.1 Å². The van der Waals surface area contributed by atoms with Crippen molar-refractivity contribution in [1.82, 2.24) is 14.9 Å². The van der Waals surface area contributed by atoms with Crippen LogP contribution in [0.5, 0.6) is 0 Å². The average molecular weight is 1380 g/mol. The Morgan fingerprint density at radius 2 is 1.03 bits per heavy atom. The van der Waals surface area contributed by atoms with Crippen molar-refractivity contribution < 1.29 is 48.4 Å². The number of rotatable bonds is 24. The molecule has 1 amide bonds. The van der Waals surface area contributed by atoms with Gasteiger partial charge in [-0.1, -0.05) is 266 Å². The van der Waals surface area contributed by atoms with Crippen LogP contribution in [0.15, 0.2) is 288 Å². The van der Waals surface area contributed by atoms with E-state index in [1.54, 1.807) is 37.1 Å². The van der Waals surface area contributed by atoms with Gasteiger partial charge in [-0.2, -0.15) is 0 Å². The molecule has 0 spiro atoms. The molecule has 2 atom stereocenters. The largest absolute Gasteiger partial charge is 0.476 e. The quantitative estimate of drug-likeness (QED) is 0.00551. The number of ether oxygens (including phenoxy) is 2. The van der Waals surface area contributed by atoms with Crippen LogP contribution in [0.3, 0.4) is 0 Å². The highest BCUT2D eigenvalue weighted by Crippen LogP contribution is 2.44. The van der Waals surface area contributed by atoms with Gasteiger partial charge < -0.3 is 45.6 Å². The minimum absolute atomic E-state index is 0.0649. The highest BCUT2D eigenvalue weighted by atomic mass is 32.2. The third-order valence-corrected chi connectivity index (χ3v) is 20.0. The first-order valence-electron chi connectivity index (χ1n) is 31.1. The molecule has 0 aliphatic carbocycles. The van der Waals surface area contributed by atoms with Crippen molar-refractivity contribution in [2.24, 2.45) is 16.0 Å². The van der Waals surface area contributed by atoms with E-state index in [9.17, 15) is 34.1 Å². The van der Waals surface area contributed by atoms with Crippen molar-refractivity contribution in [3.8, 4) is 0 Å². The number of anilines is 2.